The number of carboxylic acids is 1. The zero-order chi connectivity index (χ0) is 22.0. The molecule has 1 aliphatic rings. The molecule has 2 aromatic rings. The van der Waals surface area contributed by atoms with Crippen molar-refractivity contribution >= 4 is 28.9 Å². The first kappa shape index (κ1) is 21.3. The second kappa shape index (κ2) is 8.53. The standard InChI is InChI=1S/C24H27NO5/c1-14-18(12-21-22(29-5)10-16(28-4)11-23(21)30-6)17-8-7-15(25(2)3)9-20(17)19(14)13-24(26)27/h7-12H,13H2,1-6H3,(H,26,27). The Morgan fingerprint density at radius 3 is 2.13 bits per heavy atom. The molecule has 1 N–H and O–H groups in total. The molecule has 3 rings (SSSR count). The molecule has 0 saturated carbocycles. The van der Waals surface area contributed by atoms with E-state index in [1.54, 1.807) is 33.5 Å². The lowest BCUT2D eigenvalue weighted by molar-refractivity contribution is -0.135. The van der Waals surface area contributed by atoms with Crippen LogP contribution in [-0.2, 0) is 4.79 Å². The van der Waals surface area contributed by atoms with Crippen LogP contribution in [0.4, 0.5) is 5.69 Å². The highest BCUT2D eigenvalue weighted by atomic mass is 16.5. The Kier molecular flexibility index (Phi) is 6.06. The number of carbonyl (C=O) groups is 1. The number of aliphatic carboxylic acids is 1. The van der Waals surface area contributed by atoms with Crippen LogP contribution in [0.2, 0.25) is 0 Å². The second-order valence-electron chi connectivity index (χ2n) is 7.30. The van der Waals surface area contributed by atoms with E-state index in [2.05, 4.69) is 0 Å². The third kappa shape index (κ3) is 3.85. The van der Waals surface area contributed by atoms with Crippen LogP contribution in [0.1, 0.15) is 30.0 Å². The molecule has 0 radical (unpaired) electrons. The second-order valence-corrected chi connectivity index (χ2v) is 7.30. The van der Waals surface area contributed by atoms with Gasteiger partial charge in [0.25, 0.3) is 0 Å². The lowest BCUT2D eigenvalue weighted by Gasteiger charge is -2.15. The largest absolute Gasteiger partial charge is 0.496 e. The van der Waals surface area contributed by atoms with E-state index >= 15 is 0 Å². The van der Waals surface area contributed by atoms with Crippen LogP contribution in [-0.4, -0.2) is 46.5 Å². The first-order chi connectivity index (χ1) is 14.3. The minimum atomic E-state index is -0.855. The van der Waals surface area contributed by atoms with E-state index in [0.29, 0.717) is 17.2 Å². The molecule has 0 saturated heterocycles. The molecule has 0 aliphatic heterocycles. The molecule has 0 aromatic heterocycles. The smallest absolute Gasteiger partial charge is 0.307 e. The minimum absolute atomic E-state index is 0.0378. The molecular formula is C24H27NO5. The Hall–Kier alpha value is -3.41. The minimum Gasteiger partial charge on any atom is -0.496 e. The van der Waals surface area contributed by atoms with Gasteiger partial charge in [0, 0.05) is 31.9 Å². The van der Waals surface area contributed by atoms with E-state index in [0.717, 1.165) is 39.1 Å². The van der Waals surface area contributed by atoms with Gasteiger partial charge in [-0.1, -0.05) is 6.07 Å². The highest BCUT2D eigenvalue weighted by Crippen LogP contribution is 2.46. The number of benzene rings is 2. The topological polar surface area (TPSA) is 68.2 Å². The predicted octanol–water partition coefficient (Wildman–Crippen LogP) is 4.58. The summed E-state index contributed by atoms with van der Waals surface area (Å²) >= 11 is 0. The molecule has 6 heteroatoms. The summed E-state index contributed by atoms with van der Waals surface area (Å²) in [5.74, 6) is 1.01. The predicted molar refractivity (Wildman–Crippen MR) is 120 cm³/mol. The number of anilines is 1. The van der Waals surface area contributed by atoms with Crippen LogP contribution in [0, 0.1) is 0 Å². The fourth-order valence-corrected chi connectivity index (χ4v) is 3.75. The fraction of sp³-hybridized carbons (Fsp3) is 0.292. The van der Waals surface area contributed by atoms with Crippen molar-refractivity contribution in [2.75, 3.05) is 40.3 Å². The summed E-state index contributed by atoms with van der Waals surface area (Å²) in [4.78, 5) is 13.6. The van der Waals surface area contributed by atoms with Gasteiger partial charge in [0.1, 0.15) is 17.2 Å². The van der Waals surface area contributed by atoms with Crippen molar-refractivity contribution in [3.05, 3.63) is 52.6 Å². The molecule has 1 aliphatic carbocycles. The Balaban J connectivity index is 2.26. The SMILES string of the molecule is COc1cc(OC)c(C=C2C(C)=C(CC(=O)O)c3cc(N(C)C)ccc32)c(OC)c1. The Bertz CT molecular complexity index is 1020. The number of hydrogen-bond acceptors (Lipinski definition) is 5. The lowest BCUT2D eigenvalue weighted by atomic mass is 9.99. The Labute approximate surface area is 177 Å². The summed E-state index contributed by atoms with van der Waals surface area (Å²) in [6.45, 7) is 1.96. The molecule has 6 nitrogen and oxygen atoms in total. The first-order valence-corrected chi connectivity index (χ1v) is 9.56. The maximum atomic E-state index is 11.5. The van der Waals surface area contributed by atoms with Crippen molar-refractivity contribution in [3.8, 4) is 17.2 Å². The van der Waals surface area contributed by atoms with Gasteiger partial charge in [-0.25, -0.2) is 0 Å². The van der Waals surface area contributed by atoms with E-state index in [1.807, 2.05) is 50.2 Å². The van der Waals surface area contributed by atoms with Crippen molar-refractivity contribution < 1.29 is 24.1 Å². The van der Waals surface area contributed by atoms with E-state index in [4.69, 9.17) is 14.2 Å². The molecule has 0 amide bonds. The zero-order valence-corrected chi connectivity index (χ0v) is 18.2. The van der Waals surface area contributed by atoms with Crippen LogP contribution < -0.4 is 19.1 Å². The summed E-state index contributed by atoms with van der Waals surface area (Å²) in [5, 5.41) is 9.48. The van der Waals surface area contributed by atoms with Crippen LogP contribution in [0.15, 0.2) is 35.9 Å². The normalized spacial score (nSPS) is 14.0. The number of hydrogen-bond donors (Lipinski definition) is 1. The van der Waals surface area contributed by atoms with Crippen molar-refractivity contribution in [3.63, 3.8) is 0 Å². The van der Waals surface area contributed by atoms with E-state index in [1.165, 1.54) is 0 Å². The summed E-state index contributed by atoms with van der Waals surface area (Å²) in [6.07, 6.45) is 1.96. The molecular weight excluding hydrogens is 382 g/mol. The van der Waals surface area contributed by atoms with Crippen molar-refractivity contribution in [2.45, 2.75) is 13.3 Å². The van der Waals surface area contributed by atoms with Crippen molar-refractivity contribution in [1.29, 1.82) is 0 Å². The van der Waals surface area contributed by atoms with E-state index in [9.17, 15) is 9.90 Å². The van der Waals surface area contributed by atoms with Gasteiger partial charge in [0.15, 0.2) is 0 Å². The van der Waals surface area contributed by atoms with E-state index < -0.39 is 5.97 Å². The first-order valence-electron chi connectivity index (χ1n) is 9.56. The quantitative estimate of drug-likeness (QED) is 0.722. The number of nitrogens with zero attached hydrogens (tertiary/aromatic N) is 1. The Morgan fingerprint density at radius 1 is 1.00 bits per heavy atom. The monoisotopic (exact) mass is 409 g/mol. The average molecular weight is 409 g/mol. The highest BCUT2D eigenvalue weighted by Gasteiger charge is 2.26. The average Bonchev–Trinajstić information content (AvgIpc) is 2.98. The molecule has 30 heavy (non-hydrogen) atoms. The summed E-state index contributed by atoms with van der Waals surface area (Å²) in [6, 6.07) is 9.72. The van der Waals surface area contributed by atoms with Gasteiger partial charge >= 0.3 is 5.97 Å². The molecule has 0 atom stereocenters. The highest BCUT2D eigenvalue weighted by molar-refractivity contribution is 6.08. The molecule has 0 bridgehead atoms. The maximum absolute atomic E-state index is 11.5. The summed E-state index contributed by atoms with van der Waals surface area (Å²) < 4.78 is 16.5. The van der Waals surface area contributed by atoms with Gasteiger partial charge in [0.05, 0.1) is 33.3 Å². The molecule has 0 fully saturated rings. The van der Waals surface area contributed by atoms with Gasteiger partial charge in [-0.3, -0.25) is 4.79 Å². The van der Waals surface area contributed by atoms with Crippen molar-refractivity contribution in [1.82, 2.24) is 0 Å². The number of carboxylic acid groups (broad SMARTS) is 1. The molecule has 158 valence electrons. The van der Waals surface area contributed by atoms with Crippen LogP contribution in [0.25, 0.3) is 17.2 Å². The van der Waals surface area contributed by atoms with Crippen LogP contribution >= 0.6 is 0 Å². The summed E-state index contributed by atoms with van der Waals surface area (Å²) in [5.41, 5.74) is 6.43. The fourth-order valence-electron chi connectivity index (χ4n) is 3.75. The number of allylic oxidation sites excluding steroid dienone is 2. The van der Waals surface area contributed by atoms with E-state index in [-0.39, 0.29) is 6.42 Å². The van der Waals surface area contributed by atoms with Gasteiger partial charge in [-0.2, -0.15) is 0 Å². The van der Waals surface area contributed by atoms with Gasteiger partial charge in [-0.05, 0) is 53.0 Å². The van der Waals surface area contributed by atoms with Crippen LogP contribution in [0.3, 0.4) is 0 Å². The number of ether oxygens (including phenoxy) is 3. The van der Waals surface area contributed by atoms with Gasteiger partial charge in [-0.15, -0.1) is 0 Å². The molecule has 0 unspecified atom stereocenters. The van der Waals surface area contributed by atoms with Gasteiger partial charge < -0.3 is 24.2 Å². The molecule has 0 spiro atoms. The Morgan fingerprint density at radius 2 is 1.63 bits per heavy atom. The third-order valence-corrected chi connectivity index (χ3v) is 5.36. The lowest BCUT2D eigenvalue weighted by Crippen LogP contribution is -2.09. The summed E-state index contributed by atoms with van der Waals surface area (Å²) in [7, 11) is 8.72. The number of rotatable bonds is 7. The van der Waals surface area contributed by atoms with Gasteiger partial charge in [0.2, 0.25) is 0 Å². The zero-order valence-electron chi connectivity index (χ0n) is 18.2. The van der Waals surface area contributed by atoms with Crippen molar-refractivity contribution in [2.24, 2.45) is 0 Å². The molecule has 0 heterocycles. The maximum Gasteiger partial charge on any atom is 0.307 e. The number of fused-ring (bicyclic) bond motifs is 1. The number of methoxy groups -OCH3 is 3. The third-order valence-electron chi connectivity index (χ3n) is 5.36. The molecule has 2 aromatic carbocycles. The van der Waals surface area contributed by atoms with Crippen LogP contribution in [0.5, 0.6) is 17.2 Å².